The maximum Gasteiger partial charge on any atom is 0.269 e. The van der Waals surface area contributed by atoms with E-state index in [4.69, 9.17) is 14.2 Å². The highest BCUT2D eigenvalue weighted by Crippen LogP contribution is 2.29. The second-order valence-corrected chi connectivity index (χ2v) is 7.31. The van der Waals surface area contributed by atoms with E-state index in [1.165, 1.54) is 17.7 Å². The van der Waals surface area contributed by atoms with Gasteiger partial charge in [0.2, 0.25) is 0 Å². The van der Waals surface area contributed by atoms with E-state index in [2.05, 4.69) is 15.9 Å². The van der Waals surface area contributed by atoms with Crippen molar-refractivity contribution in [1.82, 2.24) is 9.80 Å². The molecule has 0 atom stereocenters. The smallest absolute Gasteiger partial charge is 0.269 e. The van der Waals surface area contributed by atoms with E-state index in [-0.39, 0.29) is 5.69 Å². The standard InChI is InChI=1S/C22H29N3O5/c1-28-14-13-23-9-11-24(12-10-23)16-19-5-8-21(22(15-19)29-2)30-17-18-3-6-20(7-4-18)25(26)27/h3-8,15H,9-14,16-17H2,1-2H3. The molecule has 1 fully saturated rings. The van der Waals surface area contributed by atoms with Crippen LogP contribution in [0.2, 0.25) is 0 Å². The summed E-state index contributed by atoms with van der Waals surface area (Å²) >= 11 is 0. The molecular formula is C22H29N3O5. The van der Waals surface area contributed by atoms with Gasteiger partial charge < -0.3 is 14.2 Å². The van der Waals surface area contributed by atoms with Gasteiger partial charge in [0.25, 0.3) is 5.69 Å². The number of nitro groups is 1. The number of rotatable bonds is 10. The van der Waals surface area contributed by atoms with E-state index in [0.29, 0.717) is 18.1 Å². The van der Waals surface area contributed by atoms with E-state index in [0.717, 1.165) is 51.4 Å². The average molecular weight is 415 g/mol. The Hall–Kier alpha value is -2.68. The summed E-state index contributed by atoms with van der Waals surface area (Å²) < 4.78 is 16.6. The lowest BCUT2D eigenvalue weighted by Gasteiger charge is -2.34. The lowest BCUT2D eigenvalue weighted by Crippen LogP contribution is -2.46. The van der Waals surface area contributed by atoms with Gasteiger partial charge in [0.15, 0.2) is 11.5 Å². The molecule has 0 amide bonds. The van der Waals surface area contributed by atoms with E-state index in [1.54, 1.807) is 26.4 Å². The van der Waals surface area contributed by atoms with Gasteiger partial charge in [0, 0.05) is 58.5 Å². The number of methoxy groups -OCH3 is 2. The normalized spacial score (nSPS) is 15.1. The summed E-state index contributed by atoms with van der Waals surface area (Å²) in [5, 5.41) is 10.8. The Balaban J connectivity index is 1.54. The van der Waals surface area contributed by atoms with Crippen LogP contribution in [0.15, 0.2) is 42.5 Å². The molecule has 0 bridgehead atoms. The van der Waals surface area contributed by atoms with Gasteiger partial charge in [-0.15, -0.1) is 0 Å². The third-order valence-electron chi connectivity index (χ3n) is 5.25. The molecule has 0 spiro atoms. The van der Waals surface area contributed by atoms with Crippen LogP contribution in [0.5, 0.6) is 11.5 Å². The summed E-state index contributed by atoms with van der Waals surface area (Å²) in [5.74, 6) is 1.34. The van der Waals surface area contributed by atoms with Gasteiger partial charge in [0.1, 0.15) is 6.61 Å². The van der Waals surface area contributed by atoms with Gasteiger partial charge in [-0.3, -0.25) is 19.9 Å². The second-order valence-electron chi connectivity index (χ2n) is 7.31. The van der Waals surface area contributed by atoms with Crippen LogP contribution in [-0.4, -0.2) is 68.3 Å². The van der Waals surface area contributed by atoms with Crippen LogP contribution in [-0.2, 0) is 17.9 Å². The molecule has 2 aromatic rings. The highest BCUT2D eigenvalue weighted by atomic mass is 16.6. The van der Waals surface area contributed by atoms with Crippen LogP contribution >= 0.6 is 0 Å². The van der Waals surface area contributed by atoms with Gasteiger partial charge >= 0.3 is 0 Å². The van der Waals surface area contributed by atoms with Crippen molar-refractivity contribution in [3.8, 4) is 11.5 Å². The highest BCUT2D eigenvalue weighted by molar-refractivity contribution is 5.43. The minimum atomic E-state index is -0.411. The molecule has 8 heteroatoms. The van der Waals surface area contributed by atoms with Gasteiger partial charge in [-0.25, -0.2) is 0 Å². The quantitative estimate of drug-likeness (QED) is 0.436. The maximum absolute atomic E-state index is 10.8. The number of piperazine rings is 1. The SMILES string of the molecule is COCCN1CCN(Cc2ccc(OCc3ccc([N+](=O)[O-])cc3)c(OC)c2)CC1. The molecule has 3 rings (SSSR count). The monoisotopic (exact) mass is 415 g/mol. The number of nitro benzene ring substituents is 1. The molecule has 30 heavy (non-hydrogen) atoms. The first-order chi connectivity index (χ1) is 14.6. The molecular weight excluding hydrogens is 386 g/mol. The van der Waals surface area contributed by atoms with Gasteiger partial charge in [0.05, 0.1) is 18.6 Å². The lowest BCUT2D eigenvalue weighted by molar-refractivity contribution is -0.384. The summed E-state index contributed by atoms with van der Waals surface area (Å²) in [5.41, 5.74) is 2.11. The molecule has 0 aliphatic carbocycles. The fraction of sp³-hybridized carbons (Fsp3) is 0.455. The molecule has 0 N–H and O–H groups in total. The zero-order valence-corrected chi connectivity index (χ0v) is 17.6. The van der Waals surface area contributed by atoms with Gasteiger partial charge in [-0.05, 0) is 35.4 Å². The summed E-state index contributed by atoms with van der Waals surface area (Å²) in [6.07, 6.45) is 0. The van der Waals surface area contributed by atoms with Crippen molar-refractivity contribution in [2.45, 2.75) is 13.2 Å². The fourth-order valence-electron chi connectivity index (χ4n) is 3.45. The van der Waals surface area contributed by atoms with E-state index < -0.39 is 4.92 Å². The first-order valence-corrected chi connectivity index (χ1v) is 10.1. The van der Waals surface area contributed by atoms with Crippen LogP contribution in [0, 0.1) is 10.1 Å². The zero-order valence-electron chi connectivity index (χ0n) is 17.6. The Kier molecular flexibility index (Phi) is 8.01. The first-order valence-electron chi connectivity index (χ1n) is 10.1. The number of hydrogen-bond acceptors (Lipinski definition) is 7. The third kappa shape index (κ3) is 6.16. The summed E-state index contributed by atoms with van der Waals surface area (Å²) in [4.78, 5) is 15.2. The van der Waals surface area contributed by atoms with Crippen LogP contribution in [0.3, 0.4) is 0 Å². The zero-order chi connectivity index (χ0) is 21.3. The van der Waals surface area contributed by atoms with Crippen molar-refractivity contribution in [3.63, 3.8) is 0 Å². The number of ether oxygens (including phenoxy) is 3. The molecule has 1 aliphatic rings. The minimum Gasteiger partial charge on any atom is -0.493 e. The van der Waals surface area contributed by atoms with Crippen LogP contribution < -0.4 is 9.47 Å². The number of benzene rings is 2. The predicted octanol–water partition coefficient (Wildman–Crippen LogP) is 2.95. The molecule has 8 nitrogen and oxygen atoms in total. The fourth-order valence-corrected chi connectivity index (χ4v) is 3.45. The topological polar surface area (TPSA) is 77.3 Å². The number of non-ortho nitro benzene ring substituents is 1. The number of nitrogens with zero attached hydrogens (tertiary/aromatic N) is 3. The first kappa shape index (κ1) is 22.0. The minimum absolute atomic E-state index is 0.0696. The second kappa shape index (κ2) is 10.9. The molecule has 1 heterocycles. The summed E-state index contributed by atoms with van der Waals surface area (Å²) in [6.45, 7) is 7.12. The molecule has 0 aromatic heterocycles. The highest BCUT2D eigenvalue weighted by Gasteiger charge is 2.17. The van der Waals surface area contributed by atoms with Crippen molar-refractivity contribution >= 4 is 5.69 Å². The third-order valence-corrected chi connectivity index (χ3v) is 5.25. The van der Waals surface area contributed by atoms with E-state index in [9.17, 15) is 10.1 Å². The van der Waals surface area contributed by atoms with Crippen molar-refractivity contribution < 1.29 is 19.1 Å². The van der Waals surface area contributed by atoms with Crippen molar-refractivity contribution in [2.24, 2.45) is 0 Å². The van der Waals surface area contributed by atoms with Crippen LogP contribution in [0.25, 0.3) is 0 Å². The van der Waals surface area contributed by atoms with Crippen molar-refractivity contribution in [3.05, 3.63) is 63.7 Å². The van der Waals surface area contributed by atoms with E-state index >= 15 is 0 Å². The summed E-state index contributed by atoms with van der Waals surface area (Å²) in [7, 11) is 3.37. The number of hydrogen-bond donors (Lipinski definition) is 0. The molecule has 0 radical (unpaired) electrons. The Bertz CT molecular complexity index is 820. The Morgan fingerprint density at radius 3 is 2.23 bits per heavy atom. The van der Waals surface area contributed by atoms with E-state index in [1.807, 2.05) is 12.1 Å². The lowest BCUT2D eigenvalue weighted by atomic mass is 10.1. The average Bonchev–Trinajstić information content (AvgIpc) is 2.78. The van der Waals surface area contributed by atoms with Gasteiger partial charge in [-0.1, -0.05) is 6.07 Å². The largest absolute Gasteiger partial charge is 0.493 e. The van der Waals surface area contributed by atoms with Crippen LogP contribution in [0.1, 0.15) is 11.1 Å². The molecule has 1 aliphatic heterocycles. The van der Waals surface area contributed by atoms with Gasteiger partial charge in [-0.2, -0.15) is 0 Å². The molecule has 1 saturated heterocycles. The van der Waals surface area contributed by atoms with Crippen molar-refractivity contribution in [2.75, 3.05) is 53.6 Å². The van der Waals surface area contributed by atoms with Crippen LogP contribution in [0.4, 0.5) is 5.69 Å². The Morgan fingerprint density at radius 1 is 0.933 bits per heavy atom. The summed E-state index contributed by atoms with van der Waals surface area (Å²) in [6, 6.07) is 12.4. The molecule has 0 unspecified atom stereocenters. The molecule has 0 saturated carbocycles. The maximum atomic E-state index is 10.8. The molecule has 162 valence electrons. The Labute approximate surface area is 177 Å². The molecule has 2 aromatic carbocycles. The van der Waals surface area contributed by atoms with Crippen molar-refractivity contribution in [1.29, 1.82) is 0 Å². The predicted molar refractivity (Wildman–Crippen MR) is 114 cm³/mol. The Morgan fingerprint density at radius 2 is 1.60 bits per heavy atom.